The van der Waals surface area contributed by atoms with Gasteiger partial charge in [0.05, 0.1) is 11.4 Å². The normalized spacial score (nSPS) is 12.4. The molecule has 0 atom stereocenters. The van der Waals surface area contributed by atoms with Crippen molar-refractivity contribution in [1.82, 2.24) is 0 Å². The maximum absolute atomic E-state index is 6.08. The summed E-state index contributed by atoms with van der Waals surface area (Å²) in [5.41, 5.74) is 7.25. The van der Waals surface area contributed by atoms with Gasteiger partial charge in [-0.3, -0.25) is 0 Å². The summed E-state index contributed by atoms with van der Waals surface area (Å²) in [4.78, 5) is 2.30. The molecule has 3 aromatic carbocycles. The van der Waals surface area contributed by atoms with Crippen molar-refractivity contribution in [3.05, 3.63) is 77.4 Å². The van der Waals surface area contributed by atoms with Gasteiger partial charge in [-0.25, -0.2) is 0 Å². The average Bonchev–Trinajstić information content (AvgIpc) is 2.56. The SMILES string of the molecule is Cc1cc(C)c(N2c3ccccc3Oc3ccccc32)cc1C. The third kappa shape index (κ3) is 2.18. The van der Waals surface area contributed by atoms with E-state index in [9.17, 15) is 0 Å². The largest absolute Gasteiger partial charge is 0.453 e. The molecule has 0 aromatic heterocycles. The fourth-order valence-electron chi connectivity index (χ4n) is 3.15. The Labute approximate surface area is 137 Å². The molecule has 0 fully saturated rings. The molecular weight excluding hydrogens is 282 g/mol. The number of benzene rings is 3. The van der Waals surface area contributed by atoms with E-state index in [0.717, 1.165) is 22.9 Å². The van der Waals surface area contributed by atoms with E-state index in [1.807, 2.05) is 24.3 Å². The number of hydrogen-bond acceptors (Lipinski definition) is 2. The Morgan fingerprint density at radius 2 is 1.13 bits per heavy atom. The minimum Gasteiger partial charge on any atom is -0.453 e. The van der Waals surface area contributed by atoms with Crippen molar-refractivity contribution in [2.75, 3.05) is 4.90 Å². The number of hydrogen-bond donors (Lipinski definition) is 0. The summed E-state index contributed by atoms with van der Waals surface area (Å²) in [6.07, 6.45) is 0. The number of anilines is 3. The molecule has 0 bridgehead atoms. The predicted octanol–water partition coefficient (Wildman–Crippen LogP) is 6.19. The Kier molecular flexibility index (Phi) is 3.12. The van der Waals surface area contributed by atoms with Crippen LogP contribution in [-0.2, 0) is 0 Å². The molecular formula is C21H19NO. The third-order valence-corrected chi connectivity index (χ3v) is 4.49. The Morgan fingerprint density at radius 3 is 1.74 bits per heavy atom. The molecule has 0 radical (unpaired) electrons. The lowest BCUT2D eigenvalue weighted by atomic mass is 10.0. The Morgan fingerprint density at radius 1 is 0.609 bits per heavy atom. The van der Waals surface area contributed by atoms with Gasteiger partial charge < -0.3 is 9.64 Å². The molecule has 0 saturated heterocycles. The molecule has 0 unspecified atom stereocenters. The topological polar surface area (TPSA) is 12.5 Å². The Balaban J connectivity index is 2.00. The molecule has 0 saturated carbocycles. The van der Waals surface area contributed by atoms with Gasteiger partial charge >= 0.3 is 0 Å². The second-order valence-electron chi connectivity index (χ2n) is 6.10. The van der Waals surface area contributed by atoms with Crippen LogP contribution in [0.5, 0.6) is 11.5 Å². The highest BCUT2D eigenvalue weighted by Gasteiger charge is 2.26. The second kappa shape index (κ2) is 5.17. The van der Waals surface area contributed by atoms with E-state index in [1.54, 1.807) is 0 Å². The van der Waals surface area contributed by atoms with Crippen LogP contribution in [0, 0.1) is 20.8 Å². The molecule has 0 amide bonds. The number of aryl methyl sites for hydroxylation is 3. The van der Waals surface area contributed by atoms with Crippen molar-refractivity contribution in [2.45, 2.75) is 20.8 Å². The van der Waals surface area contributed by atoms with Gasteiger partial charge in [0, 0.05) is 5.69 Å². The molecule has 2 heteroatoms. The van der Waals surface area contributed by atoms with Crippen molar-refractivity contribution < 1.29 is 4.74 Å². The first-order valence-electron chi connectivity index (χ1n) is 7.89. The Hall–Kier alpha value is -2.74. The molecule has 0 N–H and O–H groups in total. The molecule has 1 aliphatic rings. The van der Waals surface area contributed by atoms with Gasteiger partial charge in [-0.1, -0.05) is 30.3 Å². The lowest BCUT2D eigenvalue weighted by molar-refractivity contribution is 0.477. The summed E-state index contributed by atoms with van der Waals surface area (Å²) in [6, 6.07) is 20.9. The van der Waals surface area contributed by atoms with Crippen LogP contribution in [-0.4, -0.2) is 0 Å². The van der Waals surface area contributed by atoms with Gasteiger partial charge in [-0.2, -0.15) is 0 Å². The standard InChI is InChI=1S/C21H19NO/c1-14-12-16(3)19(13-15(14)2)22-17-8-4-6-10-20(17)23-21-11-7-5-9-18(21)22/h4-13H,1-3H3. The maximum atomic E-state index is 6.08. The van der Waals surface area contributed by atoms with Gasteiger partial charge in [-0.15, -0.1) is 0 Å². The zero-order valence-corrected chi connectivity index (χ0v) is 13.6. The van der Waals surface area contributed by atoms with Crippen LogP contribution < -0.4 is 9.64 Å². The second-order valence-corrected chi connectivity index (χ2v) is 6.10. The quantitative estimate of drug-likeness (QED) is 0.416. The lowest BCUT2D eigenvalue weighted by Gasteiger charge is -2.34. The van der Waals surface area contributed by atoms with Gasteiger partial charge in [0.25, 0.3) is 0 Å². The first-order valence-corrected chi connectivity index (χ1v) is 7.89. The van der Waals surface area contributed by atoms with E-state index in [1.165, 1.54) is 22.4 Å². The maximum Gasteiger partial charge on any atom is 0.151 e. The number of rotatable bonds is 1. The smallest absolute Gasteiger partial charge is 0.151 e. The van der Waals surface area contributed by atoms with Gasteiger partial charge in [-0.05, 0) is 67.8 Å². The van der Waals surface area contributed by atoms with E-state index in [2.05, 4.69) is 62.1 Å². The summed E-state index contributed by atoms with van der Waals surface area (Å²) in [7, 11) is 0. The molecule has 114 valence electrons. The zero-order chi connectivity index (χ0) is 16.0. The van der Waals surface area contributed by atoms with E-state index in [4.69, 9.17) is 4.74 Å². The monoisotopic (exact) mass is 301 g/mol. The van der Waals surface area contributed by atoms with E-state index >= 15 is 0 Å². The molecule has 23 heavy (non-hydrogen) atoms. The Bertz CT molecular complexity index is 853. The molecule has 0 spiro atoms. The van der Waals surface area contributed by atoms with Gasteiger partial charge in [0.2, 0.25) is 0 Å². The zero-order valence-electron chi connectivity index (χ0n) is 13.6. The minimum atomic E-state index is 0.892. The van der Waals surface area contributed by atoms with Crippen LogP contribution in [0.15, 0.2) is 60.7 Å². The summed E-state index contributed by atoms with van der Waals surface area (Å²) in [6.45, 7) is 6.49. The summed E-state index contributed by atoms with van der Waals surface area (Å²) < 4.78 is 6.08. The fraction of sp³-hybridized carbons (Fsp3) is 0.143. The number of ether oxygens (including phenoxy) is 1. The minimum absolute atomic E-state index is 0.892. The molecule has 1 heterocycles. The van der Waals surface area contributed by atoms with Crippen LogP contribution in [0.25, 0.3) is 0 Å². The third-order valence-electron chi connectivity index (χ3n) is 4.49. The van der Waals surface area contributed by atoms with E-state index < -0.39 is 0 Å². The first-order chi connectivity index (χ1) is 11.1. The van der Waals surface area contributed by atoms with Crippen molar-refractivity contribution in [1.29, 1.82) is 0 Å². The number of fused-ring (bicyclic) bond motifs is 2. The highest BCUT2D eigenvalue weighted by molar-refractivity contribution is 5.87. The van der Waals surface area contributed by atoms with Crippen LogP contribution >= 0.6 is 0 Å². The van der Waals surface area contributed by atoms with Gasteiger partial charge in [0.1, 0.15) is 0 Å². The molecule has 1 aliphatic heterocycles. The average molecular weight is 301 g/mol. The fourth-order valence-corrected chi connectivity index (χ4v) is 3.15. The summed E-state index contributed by atoms with van der Waals surface area (Å²) in [5.74, 6) is 1.78. The van der Waals surface area contributed by atoms with Crippen molar-refractivity contribution >= 4 is 17.1 Å². The number of para-hydroxylation sites is 4. The van der Waals surface area contributed by atoms with Crippen molar-refractivity contribution in [2.24, 2.45) is 0 Å². The van der Waals surface area contributed by atoms with Gasteiger partial charge in [0.15, 0.2) is 11.5 Å². The predicted molar refractivity (Wildman–Crippen MR) is 95.4 cm³/mol. The highest BCUT2D eigenvalue weighted by Crippen LogP contribution is 2.50. The molecule has 4 rings (SSSR count). The molecule has 0 aliphatic carbocycles. The summed E-state index contributed by atoms with van der Waals surface area (Å²) in [5, 5.41) is 0. The van der Waals surface area contributed by atoms with Crippen LogP contribution in [0.2, 0.25) is 0 Å². The molecule has 3 aromatic rings. The van der Waals surface area contributed by atoms with Crippen molar-refractivity contribution in [3.63, 3.8) is 0 Å². The van der Waals surface area contributed by atoms with Crippen LogP contribution in [0.1, 0.15) is 16.7 Å². The number of nitrogens with zero attached hydrogens (tertiary/aromatic N) is 1. The first kappa shape index (κ1) is 13.9. The highest BCUT2D eigenvalue weighted by atomic mass is 16.5. The van der Waals surface area contributed by atoms with E-state index in [0.29, 0.717) is 0 Å². The summed E-state index contributed by atoms with van der Waals surface area (Å²) >= 11 is 0. The lowest BCUT2D eigenvalue weighted by Crippen LogP contribution is -2.16. The van der Waals surface area contributed by atoms with Crippen LogP contribution in [0.3, 0.4) is 0 Å². The van der Waals surface area contributed by atoms with Crippen LogP contribution in [0.4, 0.5) is 17.1 Å². The van der Waals surface area contributed by atoms with Crippen molar-refractivity contribution in [3.8, 4) is 11.5 Å². The molecule has 2 nitrogen and oxygen atoms in total. The van der Waals surface area contributed by atoms with E-state index in [-0.39, 0.29) is 0 Å².